The molecule has 7 nitrogen and oxygen atoms in total. The number of hydrogen-bond donors (Lipinski definition) is 1. The van der Waals surface area contributed by atoms with Gasteiger partial charge in [-0.15, -0.1) is 0 Å². The van der Waals surface area contributed by atoms with Crippen molar-refractivity contribution in [2.45, 2.75) is 40.2 Å². The number of aromatic nitrogens is 4. The van der Waals surface area contributed by atoms with Crippen LogP contribution in [0.4, 0.5) is 0 Å². The van der Waals surface area contributed by atoms with E-state index in [2.05, 4.69) is 20.6 Å². The van der Waals surface area contributed by atoms with Gasteiger partial charge in [0.05, 0.1) is 18.2 Å². The van der Waals surface area contributed by atoms with Gasteiger partial charge in [0.15, 0.2) is 0 Å². The first-order valence-electron chi connectivity index (χ1n) is 6.95. The Labute approximate surface area is 123 Å². The lowest BCUT2D eigenvalue weighted by atomic mass is 10.0. The van der Waals surface area contributed by atoms with Crippen LogP contribution in [0.5, 0.6) is 0 Å². The molecule has 0 saturated carbocycles. The first-order chi connectivity index (χ1) is 9.90. The molecule has 0 spiro atoms. The van der Waals surface area contributed by atoms with Gasteiger partial charge < -0.3 is 9.84 Å². The molecule has 1 amide bonds. The van der Waals surface area contributed by atoms with Crippen LogP contribution in [-0.2, 0) is 18.3 Å². The summed E-state index contributed by atoms with van der Waals surface area (Å²) in [6.07, 6.45) is 1.74. The molecule has 2 rings (SSSR count). The molecule has 0 aromatic carbocycles. The predicted octanol–water partition coefficient (Wildman–Crippen LogP) is 1.48. The van der Waals surface area contributed by atoms with Crippen molar-refractivity contribution < 1.29 is 9.32 Å². The summed E-state index contributed by atoms with van der Waals surface area (Å²) < 4.78 is 6.76. The van der Waals surface area contributed by atoms with Crippen molar-refractivity contribution in [1.82, 2.24) is 25.2 Å². The fourth-order valence-corrected chi connectivity index (χ4v) is 2.26. The van der Waals surface area contributed by atoms with E-state index in [-0.39, 0.29) is 24.3 Å². The van der Waals surface area contributed by atoms with Crippen LogP contribution in [0.1, 0.15) is 42.7 Å². The van der Waals surface area contributed by atoms with E-state index in [1.165, 1.54) is 6.33 Å². The number of nitrogens with zero attached hydrogens (tertiary/aromatic N) is 4. The van der Waals surface area contributed by atoms with Crippen LogP contribution >= 0.6 is 0 Å². The lowest BCUT2D eigenvalue weighted by Crippen LogP contribution is -2.34. The molecule has 0 aliphatic heterocycles. The molecular formula is C14H21N5O2. The number of carbonyl (C=O) groups excluding carboxylic acids is 1. The van der Waals surface area contributed by atoms with Crippen LogP contribution in [0.25, 0.3) is 0 Å². The Morgan fingerprint density at radius 1 is 1.43 bits per heavy atom. The Bertz CT molecular complexity index is 610. The number of hydrogen-bond acceptors (Lipinski definition) is 5. The van der Waals surface area contributed by atoms with Gasteiger partial charge in [-0.1, -0.05) is 19.0 Å². The van der Waals surface area contributed by atoms with Gasteiger partial charge in [0.2, 0.25) is 5.91 Å². The van der Waals surface area contributed by atoms with E-state index in [0.717, 1.165) is 17.1 Å². The SMILES string of the molecule is Cc1noc(C)c1CC(=O)N[C@@H](c1ncnn1C)C(C)C. The molecule has 0 fully saturated rings. The second-order valence-electron chi connectivity index (χ2n) is 5.51. The van der Waals surface area contributed by atoms with Gasteiger partial charge in [0.1, 0.15) is 17.9 Å². The molecule has 2 heterocycles. The molecular weight excluding hydrogens is 270 g/mol. The van der Waals surface area contributed by atoms with Crippen molar-refractivity contribution in [2.75, 3.05) is 0 Å². The zero-order valence-corrected chi connectivity index (χ0v) is 13.0. The molecule has 0 unspecified atom stereocenters. The molecule has 0 bridgehead atoms. The van der Waals surface area contributed by atoms with Crippen molar-refractivity contribution in [3.8, 4) is 0 Å². The van der Waals surface area contributed by atoms with Crippen molar-refractivity contribution in [3.63, 3.8) is 0 Å². The summed E-state index contributed by atoms with van der Waals surface area (Å²) in [7, 11) is 1.82. The molecule has 0 saturated heterocycles. The monoisotopic (exact) mass is 291 g/mol. The van der Waals surface area contributed by atoms with E-state index in [9.17, 15) is 4.79 Å². The highest BCUT2D eigenvalue weighted by Crippen LogP contribution is 2.20. The number of carbonyl (C=O) groups is 1. The zero-order valence-electron chi connectivity index (χ0n) is 13.0. The third-order valence-electron chi connectivity index (χ3n) is 3.53. The standard InChI is InChI=1S/C14H21N5O2/c1-8(2)13(14-15-7-16-19(14)5)17-12(20)6-11-9(3)18-21-10(11)4/h7-8,13H,6H2,1-5H3,(H,17,20)/t13-/m1/s1. The van der Waals surface area contributed by atoms with Crippen LogP contribution < -0.4 is 5.32 Å². The van der Waals surface area contributed by atoms with E-state index in [1.54, 1.807) is 4.68 Å². The highest BCUT2D eigenvalue weighted by Gasteiger charge is 2.23. The maximum Gasteiger partial charge on any atom is 0.225 e. The van der Waals surface area contributed by atoms with Gasteiger partial charge >= 0.3 is 0 Å². The van der Waals surface area contributed by atoms with Gasteiger partial charge in [0.25, 0.3) is 0 Å². The molecule has 0 aliphatic rings. The fourth-order valence-electron chi connectivity index (χ4n) is 2.26. The van der Waals surface area contributed by atoms with Gasteiger partial charge in [-0.2, -0.15) is 5.10 Å². The molecule has 1 atom stereocenters. The number of amides is 1. The van der Waals surface area contributed by atoms with E-state index in [1.807, 2.05) is 34.7 Å². The van der Waals surface area contributed by atoms with E-state index < -0.39 is 0 Å². The zero-order chi connectivity index (χ0) is 15.6. The normalized spacial score (nSPS) is 12.7. The van der Waals surface area contributed by atoms with Gasteiger partial charge in [-0.3, -0.25) is 9.48 Å². The first kappa shape index (κ1) is 15.2. The second kappa shape index (κ2) is 6.07. The molecule has 0 aliphatic carbocycles. The lowest BCUT2D eigenvalue weighted by Gasteiger charge is -2.21. The molecule has 2 aromatic heterocycles. The number of rotatable bonds is 5. The summed E-state index contributed by atoms with van der Waals surface area (Å²) in [6.45, 7) is 7.72. The Morgan fingerprint density at radius 3 is 2.62 bits per heavy atom. The van der Waals surface area contributed by atoms with Crippen molar-refractivity contribution in [1.29, 1.82) is 0 Å². The number of aryl methyl sites for hydroxylation is 3. The van der Waals surface area contributed by atoms with Crippen LogP contribution in [0.2, 0.25) is 0 Å². The summed E-state index contributed by atoms with van der Waals surface area (Å²) in [6, 6.07) is -0.175. The van der Waals surface area contributed by atoms with Crippen LogP contribution in [0.15, 0.2) is 10.9 Å². The summed E-state index contributed by atoms with van der Waals surface area (Å²) in [5, 5.41) is 10.9. The smallest absolute Gasteiger partial charge is 0.225 e. The average molecular weight is 291 g/mol. The minimum absolute atomic E-state index is 0.0777. The largest absolute Gasteiger partial charge is 0.361 e. The van der Waals surface area contributed by atoms with Gasteiger partial charge in [-0.25, -0.2) is 4.98 Å². The minimum Gasteiger partial charge on any atom is -0.361 e. The predicted molar refractivity (Wildman–Crippen MR) is 76.4 cm³/mol. The fraction of sp³-hybridized carbons (Fsp3) is 0.571. The quantitative estimate of drug-likeness (QED) is 0.901. The Balaban J connectivity index is 2.11. The lowest BCUT2D eigenvalue weighted by molar-refractivity contribution is -0.121. The highest BCUT2D eigenvalue weighted by atomic mass is 16.5. The van der Waals surface area contributed by atoms with Crippen LogP contribution in [0, 0.1) is 19.8 Å². The molecule has 114 valence electrons. The summed E-state index contributed by atoms with van der Waals surface area (Å²) in [4.78, 5) is 16.5. The maximum absolute atomic E-state index is 12.3. The summed E-state index contributed by atoms with van der Waals surface area (Å²) >= 11 is 0. The first-order valence-corrected chi connectivity index (χ1v) is 6.95. The third kappa shape index (κ3) is 3.29. The molecule has 7 heteroatoms. The molecule has 2 aromatic rings. The van der Waals surface area contributed by atoms with E-state index in [4.69, 9.17) is 4.52 Å². The van der Waals surface area contributed by atoms with E-state index in [0.29, 0.717) is 5.76 Å². The molecule has 21 heavy (non-hydrogen) atoms. The topological polar surface area (TPSA) is 85.8 Å². The third-order valence-corrected chi connectivity index (χ3v) is 3.53. The van der Waals surface area contributed by atoms with Crippen molar-refractivity contribution in [2.24, 2.45) is 13.0 Å². The van der Waals surface area contributed by atoms with Crippen LogP contribution in [0.3, 0.4) is 0 Å². The van der Waals surface area contributed by atoms with Crippen molar-refractivity contribution >= 4 is 5.91 Å². The van der Waals surface area contributed by atoms with Crippen molar-refractivity contribution in [3.05, 3.63) is 29.2 Å². The molecule has 0 radical (unpaired) electrons. The Kier molecular flexibility index (Phi) is 4.40. The molecule has 1 N–H and O–H groups in total. The van der Waals surface area contributed by atoms with E-state index >= 15 is 0 Å². The average Bonchev–Trinajstić information content (AvgIpc) is 2.96. The van der Waals surface area contributed by atoms with Crippen LogP contribution in [-0.4, -0.2) is 25.8 Å². The van der Waals surface area contributed by atoms with Gasteiger partial charge in [-0.05, 0) is 19.8 Å². The number of nitrogens with one attached hydrogen (secondary N) is 1. The summed E-state index contributed by atoms with van der Waals surface area (Å²) in [5.74, 6) is 1.56. The Morgan fingerprint density at radius 2 is 2.14 bits per heavy atom. The van der Waals surface area contributed by atoms with Gasteiger partial charge in [0, 0.05) is 12.6 Å². The minimum atomic E-state index is -0.175. The second-order valence-corrected chi connectivity index (χ2v) is 5.51. The highest BCUT2D eigenvalue weighted by molar-refractivity contribution is 5.79. The summed E-state index contributed by atoms with van der Waals surface area (Å²) in [5.41, 5.74) is 1.59. The maximum atomic E-state index is 12.3. The Hall–Kier alpha value is -2.18.